The standard InChI is InChI=1S/C11H16O2.2CH4/c1-3-10(8-12)13-11-6-4-9(2)5-7-11;;/h4-7,10,12H,3,8H2,1-2H3;2*1H4. The van der Waals surface area contributed by atoms with Gasteiger partial charge < -0.3 is 9.84 Å². The molecule has 0 saturated carbocycles. The maximum atomic E-state index is 8.92. The molecule has 88 valence electrons. The Labute approximate surface area is 93.9 Å². The van der Waals surface area contributed by atoms with Crippen molar-refractivity contribution < 1.29 is 9.84 Å². The van der Waals surface area contributed by atoms with Crippen LogP contribution in [0, 0.1) is 6.92 Å². The molecule has 1 aromatic carbocycles. The quantitative estimate of drug-likeness (QED) is 0.828. The van der Waals surface area contributed by atoms with Crippen LogP contribution in [0.5, 0.6) is 5.75 Å². The number of hydrogen-bond donors (Lipinski definition) is 1. The molecular weight excluding hydrogens is 188 g/mol. The summed E-state index contributed by atoms with van der Waals surface area (Å²) >= 11 is 0. The van der Waals surface area contributed by atoms with E-state index in [0.29, 0.717) is 0 Å². The highest BCUT2D eigenvalue weighted by molar-refractivity contribution is 5.26. The van der Waals surface area contributed by atoms with Crippen LogP contribution in [-0.4, -0.2) is 17.8 Å². The molecule has 1 aromatic rings. The first-order valence-electron chi connectivity index (χ1n) is 4.60. The first-order valence-corrected chi connectivity index (χ1v) is 4.60. The smallest absolute Gasteiger partial charge is 0.121 e. The van der Waals surface area contributed by atoms with Gasteiger partial charge in [-0.2, -0.15) is 0 Å². The van der Waals surface area contributed by atoms with E-state index in [9.17, 15) is 0 Å². The summed E-state index contributed by atoms with van der Waals surface area (Å²) in [6, 6.07) is 7.85. The van der Waals surface area contributed by atoms with E-state index in [2.05, 4.69) is 0 Å². The third-order valence-corrected chi connectivity index (χ3v) is 1.98. The van der Waals surface area contributed by atoms with Gasteiger partial charge in [0.15, 0.2) is 0 Å². The average molecular weight is 212 g/mol. The van der Waals surface area contributed by atoms with E-state index in [1.54, 1.807) is 0 Å². The van der Waals surface area contributed by atoms with Gasteiger partial charge in [-0.05, 0) is 25.5 Å². The van der Waals surface area contributed by atoms with Crippen LogP contribution >= 0.6 is 0 Å². The van der Waals surface area contributed by atoms with E-state index in [0.717, 1.165) is 12.2 Å². The summed E-state index contributed by atoms with van der Waals surface area (Å²) in [6.07, 6.45) is 0.743. The van der Waals surface area contributed by atoms with E-state index in [1.807, 2.05) is 38.1 Å². The summed E-state index contributed by atoms with van der Waals surface area (Å²) in [7, 11) is 0. The van der Waals surface area contributed by atoms with Gasteiger partial charge in [-0.1, -0.05) is 39.5 Å². The molecule has 0 aliphatic heterocycles. The summed E-state index contributed by atoms with van der Waals surface area (Å²) in [5.41, 5.74) is 1.21. The Balaban J connectivity index is 0. The third-order valence-electron chi connectivity index (χ3n) is 1.98. The third kappa shape index (κ3) is 5.43. The Bertz CT molecular complexity index is 237. The molecule has 0 radical (unpaired) electrons. The predicted octanol–water partition coefficient (Wildman–Crippen LogP) is 3.42. The summed E-state index contributed by atoms with van der Waals surface area (Å²) in [4.78, 5) is 0. The fourth-order valence-corrected chi connectivity index (χ4v) is 1.06. The predicted molar refractivity (Wildman–Crippen MR) is 66.4 cm³/mol. The Morgan fingerprint density at radius 2 is 1.73 bits per heavy atom. The zero-order valence-electron chi connectivity index (χ0n) is 8.16. The maximum Gasteiger partial charge on any atom is 0.121 e. The van der Waals surface area contributed by atoms with Crippen LogP contribution in [0.15, 0.2) is 24.3 Å². The van der Waals surface area contributed by atoms with Crippen molar-refractivity contribution in [2.45, 2.75) is 41.2 Å². The summed E-state index contributed by atoms with van der Waals surface area (Å²) in [6.45, 7) is 4.10. The monoisotopic (exact) mass is 212 g/mol. The summed E-state index contributed by atoms with van der Waals surface area (Å²) in [5, 5.41) is 8.92. The van der Waals surface area contributed by atoms with Crippen LogP contribution in [0.1, 0.15) is 33.8 Å². The minimum absolute atomic E-state index is 0. The molecule has 0 saturated heterocycles. The van der Waals surface area contributed by atoms with Gasteiger partial charge in [0, 0.05) is 0 Å². The van der Waals surface area contributed by atoms with Crippen LogP contribution in [0.2, 0.25) is 0 Å². The number of aliphatic hydroxyl groups is 1. The number of ether oxygens (including phenoxy) is 1. The Kier molecular flexibility index (Phi) is 9.08. The minimum Gasteiger partial charge on any atom is -0.488 e. The summed E-state index contributed by atoms with van der Waals surface area (Å²) in [5.74, 6) is 0.825. The van der Waals surface area contributed by atoms with E-state index in [4.69, 9.17) is 9.84 Å². The van der Waals surface area contributed by atoms with Gasteiger partial charge in [-0.3, -0.25) is 0 Å². The van der Waals surface area contributed by atoms with Crippen LogP contribution in [0.3, 0.4) is 0 Å². The molecule has 2 heteroatoms. The molecular formula is C13H24O2. The number of benzene rings is 1. The maximum absolute atomic E-state index is 8.92. The first kappa shape index (κ1) is 16.4. The van der Waals surface area contributed by atoms with Gasteiger partial charge in [-0.15, -0.1) is 0 Å². The van der Waals surface area contributed by atoms with Crippen molar-refractivity contribution in [3.05, 3.63) is 29.8 Å². The van der Waals surface area contributed by atoms with Crippen molar-refractivity contribution in [2.75, 3.05) is 6.61 Å². The number of aliphatic hydroxyl groups excluding tert-OH is 1. The topological polar surface area (TPSA) is 29.5 Å². The van der Waals surface area contributed by atoms with E-state index >= 15 is 0 Å². The van der Waals surface area contributed by atoms with Crippen LogP contribution in [0.4, 0.5) is 0 Å². The number of hydrogen-bond acceptors (Lipinski definition) is 2. The van der Waals surface area contributed by atoms with Crippen molar-refractivity contribution in [2.24, 2.45) is 0 Å². The Morgan fingerprint density at radius 1 is 1.20 bits per heavy atom. The second-order valence-electron chi connectivity index (χ2n) is 3.14. The molecule has 0 spiro atoms. The second kappa shape index (κ2) is 8.30. The van der Waals surface area contributed by atoms with Crippen LogP contribution in [0.25, 0.3) is 0 Å². The highest BCUT2D eigenvalue weighted by Gasteiger charge is 2.04. The first-order chi connectivity index (χ1) is 6.26. The minimum atomic E-state index is -0.0808. The number of rotatable bonds is 4. The van der Waals surface area contributed by atoms with Crippen LogP contribution < -0.4 is 4.74 Å². The lowest BCUT2D eigenvalue weighted by Crippen LogP contribution is -2.19. The molecule has 15 heavy (non-hydrogen) atoms. The van der Waals surface area contributed by atoms with Gasteiger partial charge in [0.1, 0.15) is 11.9 Å². The molecule has 0 fully saturated rings. The van der Waals surface area contributed by atoms with E-state index in [-0.39, 0.29) is 27.6 Å². The lowest BCUT2D eigenvalue weighted by atomic mass is 10.2. The van der Waals surface area contributed by atoms with E-state index in [1.165, 1.54) is 5.56 Å². The molecule has 2 nitrogen and oxygen atoms in total. The highest BCUT2D eigenvalue weighted by Crippen LogP contribution is 2.14. The average Bonchev–Trinajstić information content (AvgIpc) is 2.17. The molecule has 1 atom stereocenters. The zero-order valence-corrected chi connectivity index (χ0v) is 8.16. The number of aryl methyl sites for hydroxylation is 1. The van der Waals surface area contributed by atoms with Crippen LogP contribution in [-0.2, 0) is 0 Å². The van der Waals surface area contributed by atoms with Gasteiger partial charge in [0.2, 0.25) is 0 Å². The SMILES string of the molecule is C.C.CCC(CO)Oc1ccc(C)cc1. The lowest BCUT2D eigenvalue weighted by Gasteiger charge is -2.14. The molecule has 0 amide bonds. The fourth-order valence-electron chi connectivity index (χ4n) is 1.06. The van der Waals surface area contributed by atoms with E-state index < -0.39 is 0 Å². The molecule has 1 rings (SSSR count). The summed E-state index contributed by atoms with van der Waals surface area (Å²) < 4.78 is 5.52. The Morgan fingerprint density at radius 3 is 2.13 bits per heavy atom. The van der Waals surface area contributed by atoms with Gasteiger partial charge in [-0.25, -0.2) is 0 Å². The van der Waals surface area contributed by atoms with Gasteiger partial charge in [0.05, 0.1) is 6.61 Å². The van der Waals surface area contributed by atoms with Crippen molar-refractivity contribution in [1.82, 2.24) is 0 Å². The fraction of sp³-hybridized carbons (Fsp3) is 0.538. The van der Waals surface area contributed by atoms with Crippen molar-refractivity contribution in [1.29, 1.82) is 0 Å². The highest BCUT2D eigenvalue weighted by atomic mass is 16.5. The Hall–Kier alpha value is -1.02. The van der Waals surface area contributed by atoms with Crippen molar-refractivity contribution in [3.63, 3.8) is 0 Å². The molecule has 1 unspecified atom stereocenters. The molecule has 0 aromatic heterocycles. The second-order valence-corrected chi connectivity index (χ2v) is 3.14. The normalized spacial score (nSPS) is 10.9. The molecule has 1 N–H and O–H groups in total. The molecule has 0 heterocycles. The molecule has 0 aliphatic carbocycles. The van der Waals surface area contributed by atoms with Crippen molar-refractivity contribution in [3.8, 4) is 5.75 Å². The lowest BCUT2D eigenvalue weighted by molar-refractivity contribution is 0.112. The van der Waals surface area contributed by atoms with Gasteiger partial charge >= 0.3 is 0 Å². The van der Waals surface area contributed by atoms with Gasteiger partial charge in [0.25, 0.3) is 0 Å². The zero-order chi connectivity index (χ0) is 9.68. The largest absolute Gasteiger partial charge is 0.488 e. The molecule has 0 aliphatic rings. The van der Waals surface area contributed by atoms with Crippen molar-refractivity contribution >= 4 is 0 Å². The molecule has 0 bridgehead atoms.